The summed E-state index contributed by atoms with van der Waals surface area (Å²) in [5.41, 5.74) is 2.56. The minimum Gasteiger partial charge on any atom is -0.615 e. The Morgan fingerprint density at radius 2 is 2.04 bits per heavy atom. The van der Waals surface area contributed by atoms with Gasteiger partial charge < -0.3 is 4.55 Å². The lowest BCUT2D eigenvalue weighted by Gasteiger charge is -2.37. The predicted molar refractivity (Wildman–Crippen MR) is 107 cm³/mol. The third-order valence-electron chi connectivity index (χ3n) is 4.71. The van der Waals surface area contributed by atoms with E-state index in [1.165, 1.54) is 0 Å². The van der Waals surface area contributed by atoms with Gasteiger partial charge in [0.05, 0.1) is 0 Å². The van der Waals surface area contributed by atoms with Crippen LogP contribution in [0.25, 0.3) is 0 Å². The van der Waals surface area contributed by atoms with Gasteiger partial charge in [-0.1, -0.05) is 68.1 Å². The second-order valence-corrected chi connectivity index (χ2v) is 8.83. The van der Waals surface area contributed by atoms with Gasteiger partial charge in [-0.2, -0.15) is 0 Å². The molecule has 0 spiro atoms. The van der Waals surface area contributed by atoms with E-state index in [-0.39, 0.29) is 0 Å². The fourth-order valence-electron chi connectivity index (χ4n) is 3.23. The number of carbonyl (C=O) groups excluding carboxylic acids is 1. The molecule has 0 radical (unpaired) electrons. The van der Waals surface area contributed by atoms with Crippen molar-refractivity contribution in [1.82, 2.24) is 5.48 Å². The van der Waals surface area contributed by atoms with Crippen LogP contribution in [0.4, 0.5) is 0 Å². The highest BCUT2D eigenvalue weighted by Gasteiger charge is 2.48. The number of carbonyl (C=O) groups is 1. The molecule has 0 aliphatic heterocycles. The van der Waals surface area contributed by atoms with Crippen LogP contribution in [0.15, 0.2) is 48.6 Å². The molecule has 0 fully saturated rings. The standard InChI is InChI=1S/C20H26ClNO3S/c1-2-3-4-6-9-18(19(23)22-24)26(25)20(14-7-5-8-15-20)16-10-12-17(21)13-11-16/h5,7-8,10-14,18,24H,2-4,6,9,15H2,1H3,(H,22,23). The highest BCUT2D eigenvalue weighted by Crippen LogP contribution is 2.41. The molecule has 1 amide bonds. The maximum Gasteiger partial charge on any atom is 0.296 e. The fraction of sp³-hybridized carbons (Fsp3) is 0.450. The summed E-state index contributed by atoms with van der Waals surface area (Å²) in [7, 11) is 0. The van der Waals surface area contributed by atoms with Crippen LogP contribution in [0.1, 0.15) is 51.0 Å². The Kier molecular flexibility index (Phi) is 8.22. The van der Waals surface area contributed by atoms with Gasteiger partial charge >= 0.3 is 0 Å². The Balaban J connectivity index is 2.31. The van der Waals surface area contributed by atoms with Gasteiger partial charge in [-0.3, -0.25) is 10.0 Å². The average molecular weight is 396 g/mol. The summed E-state index contributed by atoms with van der Waals surface area (Å²) in [6, 6.07) is 7.25. The van der Waals surface area contributed by atoms with E-state index in [0.717, 1.165) is 31.2 Å². The maximum absolute atomic E-state index is 13.6. The number of amides is 1. The van der Waals surface area contributed by atoms with Crippen LogP contribution in [-0.4, -0.2) is 20.9 Å². The summed E-state index contributed by atoms with van der Waals surface area (Å²) in [4.78, 5) is 12.3. The Bertz CT molecular complexity index is 647. The summed E-state index contributed by atoms with van der Waals surface area (Å²) in [6.45, 7) is 2.12. The molecule has 26 heavy (non-hydrogen) atoms. The first kappa shape index (κ1) is 21.0. The minimum atomic E-state index is -1.55. The lowest BCUT2D eigenvalue weighted by Crippen LogP contribution is -2.47. The van der Waals surface area contributed by atoms with Gasteiger partial charge in [0.15, 0.2) is 10.00 Å². The summed E-state index contributed by atoms with van der Waals surface area (Å²) in [5.74, 6) is -0.587. The van der Waals surface area contributed by atoms with E-state index in [2.05, 4.69) is 6.92 Å². The average Bonchev–Trinajstić information content (AvgIpc) is 2.68. The summed E-state index contributed by atoms with van der Waals surface area (Å²) < 4.78 is 12.8. The molecule has 0 aromatic heterocycles. The highest BCUT2D eigenvalue weighted by atomic mass is 35.5. The predicted octanol–water partition coefficient (Wildman–Crippen LogP) is 4.64. The van der Waals surface area contributed by atoms with Crippen LogP contribution >= 0.6 is 11.6 Å². The van der Waals surface area contributed by atoms with Crippen molar-refractivity contribution < 1.29 is 14.6 Å². The van der Waals surface area contributed by atoms with Crippen LogP contribution < -0.4 is 5.48 Å². The van der Waals surface area contributed by atoms with E-state index in [1.807, 2.05) is 36.4 Å². The normalized spacial score (nSPS) is 21.4. The zero-order valence-electron chi connectivity index (χ0n) is 15.0. The van der Waals surface area contributed by atoms with E-state index < -0.39 is 27.1 Å². The first-order valence-corrected chi connectivity index (χ1v) is 10.6. The topological polar surface area (TPSA) is 72.4 Å². The van der Waals surface area contributed by atoms with Crippen molar-refractivity contribution >= 4 is 28.7 Å². The molecule has 4 nitrogen and oxygen atoms in total. The van der Waals surface area contributed by atoms with Gasteiger partial charge in [0.25, 0.3) is 5.91 Å². The quantitative estimate of drug-likeness (QED) is 0.277. The smallest absolute Gasteiger partial charge is 0.296 e. The van der Waals surface area contributed by atoms with E-state index in [1.54, 1.807) is 17.6 Å². The van der Waals surface area contributed by atoms with Gasteiger partial charge in [0, 0.05) is 23.4 Å². The highest BCUT2D eigenvalue weighted by molar-refractivity contribution is 7.93. The van der Waals surface area contributed by atoms with Crippen molar-refractivity contribution in [2.75, 3.05) is 0 Å². The SMILES string of the molecule is CCCCCCC(C(=O)NO)[S+]([O-])C1(c2ccc(Cl)cc2)C=CC=CC1. The molecule has 3 atom stereocenters. The molecule has 0 saturated carbocycles. The number of allylic oxidation sites excluding steroid dienone is 3. The van der Waals surface area contributed by atoms with Gasteiger partial charge in [-0.05, 0) is 35.8 Å². The third-order valence-corrected chi connectivity index (χ3v) is 7.18. The van der Waals surface area contributed by atoms with Crippen LogP contribution in [-0.2, 0) is 20.7 Å². The maximum atomic E-state index is 13.6. The number of benzene rings is 1. The van der Waals surface area contributed by atoms with Gasteiger partial charge in [-0.25, -0.2) is 5.48 Å². The molecule has 0 heterocycles. The summed E-state index contributed by atoms with van der Waals surface area (Å²) in [6.07, 6.45) is 12.6. The Labute approximate surface area is 163 Å². The molecule has 1 aliphatic carbocycles. The summed E-state index contributed by atoms with van der Waals surface area (Å²) >= 11 is 4.46. The fourth-order valence-corrected chi connectivity index (χ4v) is 5.33. The zero-order valence-corrected chi connectivity index (χ0v) is 16.6. The lowest BCUT2D eigenvalue weighted by atomic mass is 9.91. The number of unbranched alkanes of at least 4 members (excludes halogenated alkanes) is 3. The Morgan fingerprint density at radius 3 is 2.62 bits per heavy atom. The third kappa shape index (κ3) is 4.92. The molecule has 0 saturated heterocycles. The Hall–Kier alpha value is -1.27. The van der Waals surface area contributed by atoms with Crippen molar-refractivity contribution in [3.63, 3.8) is 0 Å². The second-order valence-electron chi connectivity index (χ2n) is 6.50. The van der Waals surface area contributed by atoms with E-state index >= 15 is 0 Å². The molecule has 3 unspecified atom stereocenters. The monoisotopic (exact) mass is 395 g/mol. The van der Waals surface area contributed by atoms with Crippen molar-refractivity contribution in [2.45, 2.75) is 55.4 Å². The molecule has 1 aliphatic rings. The van der Waals surface area contributed by atoms with Crippen molar-refractivity contribution in [2.24, 2.45) is 0 Å². The first-order valence-electron chi connectivity index (χ1n) is 9.00. The van der Waals surface area contributed by atoms with Crippen LogP contribution in [0.5, 0.6) is 0 Å². The molecule has 1 aromatic rings. The lowest BCUT2D eigenvalue weighted by molar-refractivity contribution is -0.128. The minimum absolute atomic E-state index is 0.478. The summed E-state index contributed by atoms with van der Waals surface area (Å²) in [5, 5.41) is 8.99. The molecule has 2 N–H and O–H groups in total. The molecule has 2 rings (SSSR count). The molecule has 142 valence electrons. The number of rotatable bonds is 9. The molecule has 0 bridgehead atoms. The number of hydrogen-bond donors (Lipinski definition) is 2. The Morgan fingerprint density at radius 1 is 1.31 bits per heavy atom. The largest absolute Gasteiger partial charge is 0.615 e. The number of nitrogens with one attached hydrogen (secondary N) is 1. The van der Waals surface area contributed by atoms with Crippen molar-refractivity contribution in [1.29, 1.82) is 0 Å². The molecule has 1 aromatic carbocycles. The second kappa shape index (κ2) is 10.2. The zero-order chi connectivity index (χ0) is 19.0. The number of hydrogen-bond acceptors (Lipinski definition) is 3. The van der Waals surface area contributed by atoms with E-state index in [4.69, 9.17) is 16.8 Å². The number of hydroxylamine groups is 1. The van der Waals surface area contributed by atoms with Crippen LogP contribution in [0.2, 0.25) is 5.02 Å². The van der Waals surface area contributed by atoms with Gasteiger partial charge in [0.1, 0.15) is 0 Å². The van der Waals surface area contributed by atoms with Gasteiger partial charge in [-0.15, -0.1) is 0 Å². The molecule has 6 heteroatoms. The molecular formula is C20H26ClNO3S. The van der Waals surface area contributed by atoms with Crippen LogP contribution in [0, 0.1) is 0 Å². The van der Waals surface area contributed by atoms with E-state index in [9.17, 15) is 9.35 Å². The number of halogens is 1. The van der Waals surface area contributed by atoms with Gasteiger partial charge in [0.2, 0.25) is 0 Å². The van der Waals surface area contributed by atoms with Crippen molar-refractivity contribution in [3.05, 3.63) is 59.2 Å². The molecular weight excluding hydrogens is 370 g/mol. The first-order chi connectivity index (χ1) is 12.5. The van der Waals surface area contributed by atoms with Crippen molar-refractivity contribution in [3.8, 4) is 0 Å². The van der Waals surface area contributed by atoms with E-state index in [0.29, 0.717) is 17.9 Å². The van der Waals surface area contributed by atoms with Crippen LogP contribution in [0.3, 0.4) is 0 Å².